The summed E-state index contributed by atoms with van der Waals surface area (Å²) in [5.41, 5.74) is 6.22. The zero-order chi connectivity index (χ0) is 15.1. The number of nitrogen functional groups attached to an aromatic ring is 1. The fourth-order valence-corrected chi connectivity index (χ4v) is 3.10. The highest BCUT2D eigenvalue weighted by molar-refractivity contribution is 7.89. The van der Waals surface area contributed by atoms with Crippen molar-refractivity contribution in [2.75, 3.05) is 37.9 Å². The average Bonchev–Trinajstić information content (AvgIpc) is 2.48. The normalized spacial score (nSPS) is 19.3. The van der Waals surface area contributed by atoms with Gasteiger partial charge < -0.3 is 15.2 Å². The SMILES string of the molecule is Nc1ccccc1OCCS(=O)(=O)NCC1CCCOC1. The standard InChI is InChI=1S/C14H22N2O4S/c15-13-5-1-2-6-14(13)20-8-9-21(17,18)16-10-12-4-3-7-19-11-12/h1-2,5-6,12,16H,3-4,7-11,15H2. The Balaban J connectivity index is 1.72. The predicted octanol–water partition coefficient (Wildman–Crippen LogP) is 0.994. The third kappa shape index (κ3) is 5.53. The van der Waals surface area contributed by atoms with E-state index in [1.807, 2.05) is 0 Å². The number of para-hydroxylation sites is 2. The van der Waals surface area contributed by atoms with Gasteiger partial charge in [0.15, 0.2) is 0 Å². The Morgan fingerprint density at radius 2 is 2.19 bits per heavy atom. The van der Waals surface area contributed by atoms with Crippen molar-refractivity contribution in [1.82, 2.24) is 4.72 Å². The molecule has 1 aromatic carbocycles. The summed E-state index contributed by atoms with van der Waals surface area (Å²) < 4.78 is 37.1. The van der Waals surface area contributed by atoms with E-state index in [1.165, 1.54) is 0 Å². The second-order valence-electron chi connectivity index (χ2n) is 5.14. The molecule has 7 heteroatoms. The highest BCUT2D eigenvalue weighted by atomic mass is 32.2. The Morgan fingerprint density at radius 3 is 2.90 bits per heavy atom. The van der Waals surface area contributed by atoms with Gasteiger partial charge in [0, 0.05) is 13.2 Å². The van der Waals surface area contributed by atoms with Gasteiger partial charge in [-0.1, -0.05) is 12.1 Å². The van der Waals surface area contributed by atoms with Gasteiger partial charge in [-0.25, -0.2) is 13.1 Å². The molecular formula is C14H22N2O4S. The van der Waals surface area contributed by atoms with E-state index < -0.39 is 10.0 Å². The summed E-state index contributed by atoms with van der Waals surface area (Å²) in [5.74, 6) is 0.683. The molecule has 21 heavy (non-hydrogen) atoms. The summed E-state index contributed by atoms with van der Waals surface area (Å²) in [6, 6.07) is 7.02. The summed E-state index contributed by atoms with van der Waals surface area (Å²) in [7, 11) is -3.34. The number of anilines is 1. The van der Waals surface area contributed by atoms with Crippen LogP contribution in [-0.2, 0) is 14.8 Å². The summed E-state index contributed by atoms with van der Waals surface area (Å²) in [5, 5.41) is 0. The molecule has 0 saturated carbocycles. The van der Waals surface area contributed by atoms with E-state index in [0.717, 1.165) is 19.4 Å². The molecule has 1 aromatic rings. The first-order valence-corrected chi connectivity index (χ1v) is 8.74. The highest BCUT2D eigenvalue weighted by Gasteiger charge is 2.17. The number of ether oxygens (including phenoxy) is 2. The molecule has 1 fully saturated rings. The summed E-state index contributed by atoms with van der Waals surface area (Å²) in [6.07, 6.45) is 1.99. The second-order valence-corrected chi connectivity index (χ2v) is 7.06. The minimum Gasteiger partial charge on any atom is -0.490 e. The van der Waals surface area contributed by atoms with E-state index in [-0.39, 0.29) is 18.3 Å². The summed E-state index contributed by atoms with van der Waals surface area (Å²) in [4.78, 5) is 0. The number of benzene rings is 1. The molecule has 118 valence electrons. The minimum atomic E-state index is -3.34. The van der Waals surface area contributed by atoms with Crippen LogP contribution in [0.4, 0.5) is 5.69 Å². The third-order valence-electron chi connectivity index (χ3n) is 3.38. The number of sulfonamides is 1. The molecule has 0 radical (unpaired) electrons. The lowest BCUT2D eigenvalue weighted by molar-refractivity contribution is 0.0568. The molecule has 1 heterocycles. The predicted molar refractivity (Wildman–Crippen MR) is 81.7 cm³/mol. The van der Waals surface area contributed by atoms with Gasteiger partial charge in [-0.15, -0.1) is 0 Å². The smallest absolute Gasteiger partial charge is 0.214 e. The second kappa shape index (κ2) is 7.63. The van der Waals surface area contributed by atoms with E-state index in [4.69, 9.17) is 15.2 Å². The molecule has 2 rings (SSSR count). The van der Waals surface area contributed by atoms with Crippen molar-refractivity contribution in [2.24, 2.45) is 5.92 Å². The maximum absolute atomic E-state index is 11.9. The Morgan fingerprint density at radius 1 is 1.38 bits per heavy atom. The van der Waals surface area contributed by atoms with Crippen LogP contribution in [0, 0.1) is 5.92 Å². The van der Waals surface area contributed by atoms with E-state index in [9.17, 15) is 8.42 Å². The van der Waals surface area contributed by atoms with Gasteiger partial charge in [-0.3, -0.25) is 0 Å². The lowest BCUT2D eigenvalue weighted by atomic mass is 10.0. The van der Waals surface area contributed by atoms with Gasteiger partial charge in [0.1, 0.15) is 12.4 Å². The van der Waals surface area contributed by atoms with Crippen molar-refractivity contribution in [3.63, 3.8) is 0 Å². The van der Waals surface area contributed by atoms with E-state index >= 15 is 0 Å². The molecule has 1 aliphatic heterocycles. The van der Waals surface area contributed by atoms with Crippen LogP contribution in [0.1, 0.15) is 12.8 Å². The average molecular weight is 314 g/mol. The molecule has 0 bridgehead atoms. The molecule has 0 aromatic heterocycles. The fraction of sp³-hybridized carbons (Fsp3) is 0.571. The number of nitrogens with two attached hydrogens (primary N) is 1. The topological polar surface area (TPSA) is 90.7 Å². The first-order valence-electron chi connectivity index (χ1n) is 7.09. The third-order valence-corrected chi connectivity index (χ3v) is 4.69. The first kappa shape index (κ1) is 16.1. The lowest BCUT2D eigenvalue weighted by Crippen LogP contribution is -2.35. The summed E-state index contributed by atoms with van der Waals surface area (Å²) >= 11 is 0. The van der Waals surface area contributed by atoms with Crippen LogP contribution in [0.2, 0.25) is 0 Å². The Labute approximate surface area is 125 Å². The monoisotopic (exact) mass is 314 g/mol. The van der Waals surface area contributed by atoms with Crippen LogP contribution >= 0.6 is 0 Å². The molecule has 6 nitrogen and oxygen atoms in total. The highest BCUT2D eigenvalue weighted by Crippen LogP contribution is 2.19. The zero-order valence-electron chi connectivity index (χ0n) is 12.0. The fourth-order valence-electron chi connectivity index (χ4n) is 2.16. The van der Waals surface area contributed by atoms with Crippen molar-refractivity contribution < 1.29 is 17.9 Å². The van der Waals surface area contributed by atoms with E-state index in [0.29, 0.717) is 24.6 Å². The molecule has 1 unspecified atom stereocenters. The number of hydrogen-bond donors (Lipinski definition) is 2. The molecule has 1 aliphatic rings. The van der Waals surface area contributed by atoms with Gasteiger partial charge >= 0.3 is 0 Å². The molecule has 1 atom stereocenters. The van der Waals surface area contributed by atoms with Gasteiger partial charge in [-0.2, -0.15) is 0 Å². The largest absolute Gasteiger partial charge is 0.490 e. The molecule has 0 aliphatic carbocycles. The Kier molecular flexibility index (Phi) is 5.84. The molecular weight excluding hydrogens is 292 g/mol. The van der Waals surface area contributed by atoms with Crippen molar-refractivity contribution in [3.8, 4) is 5.75 Å². The van der Waals surface area contributed by atoms with Crippen LogP contribution in [-0.4, -0.2) is 40.5 Å². The molecule has 0 spiro atoms. The first-order chi connectivity index (χ1) is 10.1. The Bertz CT molecular complexity index is 542. The van der Waals surface area contributed by atoms with Crippen molar-refractivity contribution in [3.05, 3.63) is 24.3 Å². The van der Waals surface area contributed by atoms with Crippen LogP contribution in [0.25, 0.3) is 0 Å². The van der Waals surface area contributed by atoms with Crippen molar-refractivity contribution in [2.45, 2.75) is 12.8 Å². The van der Waals surface area contributed by atoms with Crippen molar-refractivity contribution in [1.29, 1.82) is 0 Å². The number of rotatable bonds is 7. The number of hydrogen-bond acceptors (Lipinski definition) is 5. The number of nitrogens with one attached hydrogen (secondary N) is 1. The van der Waals surface area contributed by atoms with Crippen molar-refractivity contribution >= 4 is 15.7 Å². The molecule has 1 saturated heterocycles. The maximum atomic E-state index is 11.9. The van der Waals surface area contributed by atoms with E-state index in [1.54, 1.807) is 24.3 Å². The molecule has 3 N–H and O–H groups in total. The quantitative estimate of drug-likeness (QED) is 0.733. The lowest BCUT2D eigenvalue weighted by Gasteiger charge is -2.22. The van der Waals surface area contributed by atoms with E-state index in [2.05, 4.69) is 4.72 Å². The van der Waals surface area contributed by atoms with Crippen LogP contribution < -0.4 is 15.2 Å². The zero-order valence-corrected chi connectivity index (χ0v) is 12.8. The van der Waals surface area contributed by atoms with Crippen LogP contribution in [0.15, 0.2) is 24.3 Å². The van der Waals surface area contributed by atoms with Crippen LogP contribution in [0.5, 0.6) is 5.75 Å². The van der Waals surface area contributed by atoms with Crippen LogP contribution in [0.3, 0.4) is 0 Å². The van der Waals surface area contributed by atoms with Gasteiger partial charge in [-0.05, 0) is 30.9 Å². The molecule has 0 amide bonds. The van der Waals surface area contributed by atoms with Gasteiger partial charge in [0.25, 0.3) is 0 Å². The van der Waals surface area contributed by atoms with Gasteiger partial charge in [0.2, 0.25) is 10.0 Å². The van der Waals surface area contributed by atoms with Gasteiger partial charge in [0.05, 0.1) is 18.0 Å². The minimum absolute atomic E-state index is 0.0741. The summed E-state index contributed by atoms with van der Waals surface area (Å²) in [6.45, 7) is 1.90. The Hall–Kier alpha value is -1.31. The maximum Gasteiger partial charge on any atom is 0.214 e.